The summed E-state index contributed by atoms with van der Waals surface area (Å²) < 4.78 is 29.2. The third kappa shape index (κ3) is 4.57. The molecule has 1 aromatic heterocycles. The van der Waals surface area contributed by atoms with Crippen molar-refractivity contribution in [3.63, 3.8) is 0 Å². The minimum atomic E-state index is -2.89. The van der Waals surface area contributed by atoms with E-state index in [0.717, 1.165) is 47.2 Å². The molecule has 0 aliphatic carbocycles. The number of thiophene rings is 1. The van der Waals surface area contributed by atoms with E-state index in [0.29, 0.717) is 38.5 Å². The summed E-state index contributed by atoms with van der Waals surface area (Å²) >= 11 is 1.57. The summed E-state index contributed by atoms with van der Waals surface area (Å²) in [5, 5.41) is 1.14. The maximum absolute atomic E-state index is 13.4. The Morgan fingerprint density at radius 3 is 2.38 bits per heavy atom. The molecule has 0 unspecified atom stereocenters. The van der Waals surface area contributed by atoms with Crippen molar-refractivity contribution in [3.05, 3.63) is 41.3 Å². The van der Waals surface area contributed by atoms with Crippen molar-refractivity contribution in [2.75, 3.05) is 68.9 Å². The predicted molar refractivity (Wildman–Crippen MR) is 127 cm³/mol. The number of hydrogen-bond acceptors (Lipinski definition) is 7. The van der Waals surface area contributed by atoms with Crippen LogP contribution in [0, 0.1) is 0 Å². The number of anilines is 1. The van der Waals surface area contributed by atoms with Crippen LogP contribution in [-0.4, -0.2) is 94.2 Å². The fourth-order valence-corrected chi connectivity index (χ4v) is 7.78. The molecule has 3 aliphatic rings. The van der Waals surface area contributed by atoms with Crippen molar-refractivity contribution >= 4 is 32.1 Å². The van der Waals surface area contributed by atoms with E-state index in [2.05, 4.69) is 21.9 Å². The van der Waals surface area contributed by atoms with Gasteiger partial charge in [0.05, 0.1) is 34.6 Å². The number of ether oxygens (including phenoxy) is 1. The molecule has 9 heteroatoms. The molecule has 32 heavy (non-hydrogen) atoms. The van der Waals surface area contributed by atoms with Crippen LogP contribution in [0.3, 0.4) is 0 Å². The molecule has 0 spiro atoms. The average molecular weight is 476 g/mol. The number of rotatable bonds is 4. The van der Waals surface area contributed by atoms with Gasteiger partial charge in [0.15, 0.2) is 9.84 Å². The number of hydrogen-bond donors (Lipinski definition) is 0. The molecule has 3 saturated heterocycles. The molecule has 0 saturated carbocycles. The third-order valence-electron chi connectivity index (χ3n) is 6.63. The molecule has 7 nitrogen and oxygen atoms in total. The zero-order chi connectivity index (χ0) is 22.1. The van der Waals surface area contributed by atoms with Crippen LogP contribution in [0.4, 0.5) is 5.00 Å². The van der Waals surface area contributed by atoms with Gasteiger partial charge in [-0.25, -0.2) is 8.42 Å². The summed E-state index contributed by atoms with van der Waals surface area (Å²) in [6.45, 7) is 5.82. The number of benzene rings is 1. The van der Waals surface area contributed by atoms with Gasteiger partial charge in [-0.2, -0.15) is 0 Å². The van der Waals surface area contributed by atoms with E-state index >= 15 is 0 Å². The SMILES string of the molecule is O=C(c1cc(-c2ccccc2)c(N2CCOCC2)s1)N1CCN([C@H]2CCS(=O)(=O)C2)CC1. The highest BCUT2D eigenvalue weighted by Crippen LogP contribution is 2.40. The van der Waals surface area contributed by atoms with E-state index in [-0.39, 0.29) is 17.7 Å². The lowest BCUT2D eigenvalue weighted by molar-refractivity contribution is 0.0592. The van der Waals surface area contributed by atoms with Crippen LogP contribution in [-0.2, 0) is 14.6 Å². The monoisotopic (exact) mass is 475 g/mol. The summed E-state index contributed by atoms with van der Waals surface area (Å²) in [6, 6.07) is 12.4. The highest BCUT2D eigenvalue weighted by Gasteiger charge is 2.35. The molecular formula is C23H29N3O4S2. The molecule has 2 aromatic rings. The Labute approximate surface area is 193 Å². The summed E-state index contributed by atoms with van der Waals surface area (Å²) in [4.78, 5) is 20.6. The van der Waals surface area contributed by atoms with Crippen molar-refractivity contribution in [3.8, 4) is 11.1 Å². The van der Waals surface area contributed by atoms with Crippen LogP contribution in [0.15, 0.2) is 36.4 Å². The number of morpholine rings is 1. The predicted octanol–water partition coefficient (Wildman–Crippen LogP) is 2.20. The standard InChI is InChI=1S/C23H29N3O4S2/c27-22(25-9-7-24(8-10-25)19-6-15-32(28,29)17-19)21-16-20(18-4-2-1-3-5-18)23(31-21)26-11-13-30-14-12-26/h1-5,16,19H,6-15,17H2/t19-/m0/s1. The van der Waals surface area contributed by atoms with Gasteiger partial charge < -0.3 is 14.5 Å². The molecule has 0 radical (unpaired) electrons. The van der Waals surface area contributed by atoms with Crippen LogP contribution in [0.1, 0.15) is 16.1 Å². The van der Waals surface area contributed by atoms with Gasteiger partial charge in [-0.1, -0.05) is 30.3 Å². The highest BCUT2D eigenvalue weighted by molar-refractivity contribution is 7.91. The van der Waals surface area contributed by atoms with E-state index in [1.807, 2.05) is 29.2 Å². The summed E-state index contributed by atoms with van der Waals surface area (Å²) in [7, 11) is -2.89. The first-order valence-electron chi connectivity index (χ1n) is 11.3. The molecule has 172 valence electrons. The molecule has 4 heterocycles. The summed E-state index contributed by atoms with van der Waals surface area (Å²) in [5.41, 5.74) is 2.23. The van der Waals surface area contributed by atoms with E-state index < -0.39 is 9.84 Å². The number of carbonyl (C=O) groups is 1. The second-order valence-electron chi connectivity index (χ2n) is 8.68. The Balaban J connectivity index is 1.32. The van der Waals surface area contributed by atoms with Crippen molar-refractivity contribution in [1.82, 2.24) is 9.80 Å². The number of nitrogens with zero attached hydrogens (tertiary/aromatic N) is 3. The first kappa shape index (κ1) is 21.9. The zero-order valence-corrected chi connectivity index (χ0v) is 19.7. The fraction of sp³-hybridized carbons (Fsp3) is 0.522. The van der Waals surface area contributed by atoms with Gasteiger partial charge in [-0.3, -0.25) is 9.69 Å². The molecule has 1 amide bonds. The van der Waals surface area contributed by atoms with Gasteiger partial charge in [0.1, 0.15) is 0 Å². The molecule has 5 rings (SSSR count). The molecule has 3 aliphatic heterocycles. The maximum atomic E-state index is 13.4. The quantitative estimate of drug-likeness (QED) is 0.675. The Kier molecular flexibility index (Phi) is 6.24. The molecular weight excluding hydrogens is 446 g/mol. The minimum Gasteiger partial charge on any atom is -0.378 e. The lowest BCUT2D eigenvalue weighted by Gasteiger charge is -2.37. The van der Waals surface area contributed by atoms with Crippen molar-refractivity contribution < 1.29 is 17.9 Å². The number of carbonyl (C=O) groups excluding carboxylic acids is 1. The van der Waals surface area contributed by atoms with Gasteiger partial charge >= 0.3 is 0 Å². The molecule has 0 N–H and O–H groups in total. The number of piperazine rings is 1. The summed E-state index contributed by atoms with van der Waals surface area (Å²) in [5.74, 6) is 0.624. The topological polar surface area (TPSA) is 70.2 Å². The molecule has 1 atom stereocenters. The molecule has 0 bridgehead atoms. The van der Waals surface area contributed by atoms with Crippen molar-refractivity contribution in [2.24, 2.45) is 0 Å². The Morgan fingerprint density at radius 2 is 1.72 bits per heavy atom. The maximum Gasteiger partial charge on any atom is 0.264 e. The van der Waals surface area contributed by atoms with E-state index in [1.165, 1.54) is 0 Å². The van der Waals surface area contributed by atoms with Crippen LogP contribution in [0.25, 0.3) is 11.1 Å². The second kappa shape index (κ2) is 9.13. The van der Waals surface area contributed by atoms with Gasteiger partial charge in [-0.05, 0) is 18.1 Å². The molecule has 3 fully saturated rings. The van der Waals surface area contributed by atoms with E-state index in [4.69, 9.17) is 4.74 Å². The lowest BCUT2D eigenvalue weighted by atomic mass is 10.1. The van der Waals surface area contributed by atoms with Crippen LogP contribution >= 0.6 is 11.3 Å². The van der Waals surface area contributed by atoms with Crippen LogP contribution < -0.4 is 4.90 Å². The zero-order valence-electron chi connectivity index (χ0n) is 18.1. The van der Waals surface area contributed by atoms with Crippen molar-refractivity contribution in [1.29, 1.82) is 0 Å². The van der Waals surface area contributed by atoms with Gasteiger partial charge in [0, 0.05) is 50.9 Å². The van der Waals surface area contributed by atoms with Crippen LogP contribution in [0.5, 0.6) is 0 Å². The fourth-order valence-electron chi connectivity index (χ4n) is 4.82. The van der Waals surface area contributed by atoms with E-state index in [1.54, 1.807) is 11.3 Å². The number of sulfone groups is 1. The smallest absolute Gasteiger partial charge is 0.264 e. The van der Waals surface area contributed by atoms with Crippen LogP contribution in [0.2, 0.25) is 0 Å². The first-order valence-corrected chi connectivity index (χ1v) is 13.9. The summed E-state index contributed by atoms with van der Waals surface area (Å²) in [6.07, 6.45) is 0.713. The highest BCUT2D eigenvalue weighted by atomic mass is 32.2. The Bertz CT molecular complexity index is 1060. The van der Waals surface area contributed by atoms with Gasteiger partial charge in [0.2, 0.25) is 0 Å². The average Bonchev–Trinajstić information content (AvgIpc) is 3.43. The second-order valence-corrected chi connectivity index (χ2v) is 11.9. The Morgan fingerprint density at radius 1 is 1.00 bits per heavy atom. The largest absolute Gasteiger partial charge is 0.378 e. The third-order valence-corrected chi connectivity index (χ3v) is 9.57. The minimum absolute atomic E-state index is 0.0744. The Hall–Kier alpha value is -1.94. The van der Waals surface area contributed by atoms with Gasteiger partial charge in [0.25, 0.3) is 5.91 Å². The lowest BCUT2D eigenvalue weighted by Crippen LogP contribution is -2.52. The first-order chi connectivity index (χ1) is 15.5. The van der Waals surface area contributed by atoms with Gasteiger partial charge in [-0.15, -0.1) is 11.3 Å². The number of amides is 1. The molecule has 1 aromatic carbocycles. The normalized spacial score (nSPS) is 24.1. The van der Waals surface area contributed by atoms with Crippen molar-refractivity contribution in [2.45, 2.75) is 12.5 Å². The van der Waals surface area contributed by atoms with E-state index in [9.17, 15) is 13.2 Å².